The predicted octanol–water partition coefficient (Wildman–Crippen LogP) is 3.23. The molecule has 0 rings (SSSR count). The maximum absolute atomic E-state index is 3.79. The Bertz CT molecular complexity index is 231. The zero-order chi connectivity index (χ0) is 8.85. The highest BCUT2D eigenvalue weighted by Gasteiger charge is 1.88. The van der Waals surface area contributed by atoms with Crippen LogP contribution in [0.15, 0.2) is 61.0 Å². The van der Waals surface area contributed by atoms with E-state index in [0.717, 1.165) is 16.5 Å². The first-order chi connectivity index (χ1) is 5.07. The zero-order valence-electron chi connectivity index (χ0n) is 6.64. The topological polar surface area (TPSA) is 0 Å². The Morgan fingerprint density at radius 1 is 1.00 bits per heavy atom. The molecule has 1 atom stereocenters. The summed E-state index contributed by atoms with van der Waals surface area (Å²) in [6, 6.07) is 0. The lowest BCUT2D eigenvalue weighted by atomic mass is 10.1. The summed E-state index contributed by atoms with van der Waals surface area (Å²) in [5.41, 5.74) is 1.70. The fourth-order valence-electron chi connectivity index (χ4n) is 0.446. The summed E-state index contributed by atoms with van der Waals surface area (Å²) in [6.07, 6.45) is 5.40. The third-order valence-electron chi connectivity index (χ3n) is 1.16. The maximum Gasteiger partial charge on any atom is -0.0262 e. The molecule has 0 aliphatic carbocycles. The van der Waals surface area contributed by atoms with Gasteiger partial charge in [-0.15, -0.1) is 9.24 Å². The highest BCUT2D eigenvalue weighted by atomic mass is 31.0. The molecule has 1 heteroatoms. The second kappa shape index (κ2) is 4.87. The molecule has 0 nitrogen and oxygen atoms in total. The van der Waals surface area contributed by atoms with Crippen LogP contribution in [0.1, 0.15) is 0 Å². The van der Waals surface area contributed by atoms with Gasteiger partial charge in [0.1, 0.15) is 0 Å². The average Bonchev–Trinajstić information content (AvgIpc) is 1.98. The smallest absolute Gasteiger partial charge is 0.0262 e. The summed E-state index contributed by atoms with van der Waals surface area (Å²) in [5.74, 6) is 0. The van der Waals surface area contributed by atoms with Crippen molar-refractivity contribution in [3.8, 4) is 0 Å². The molecule has 0 saturated heterocycles. The zero-order valence-corrected chi connectivity index (χ0v) is 7.79. The van der Waals surface area contributed by atoms with Gasteiger partial charge < -0.3 is 0 Å². The van der Waals surface area contributed by atoms with Gasteiger partial charge in [0.05, 0.1) is 0 Å². The summed E-state index contributed by atoms with van der Waals surface area (Å²) in [5, 5.41) is 0.919. The van der Waals surface area contributed by atoms with Crippen molar-refractivity contribution in [1.29, 1.82) is 0 Å². The third kappa shape index (κ3) is 4.52. The number of allylic oxidation sites excluding steroid dienone is 6. The first kappa shape index (κ1) is 10.1. The molecule has 11 heavy (non-hydrogen) atoms. The van der Waals surface area contributed by atoms with Crippen molar-refractivity contribution in [2.45, 2.75) is 0 Å². The van der Waals surface area contributed by atoms with Gasteiger partial charge in [-0.3, -0.25) is 0 Å². The molecule has 0 radical (unpaired) electrons. The summed E-state index contributed by atoms with van der Waals surface area (Å²) in [7, 11) is 2.49. The molecule has 0 spiro atoms. The summed E-state index contributed by atoms with van der Waals surface area (Å²) >= 11 is 0. The summed E-state index contributed by atoms with van der Waals surface area (Å²) in [6.45, 7) is 14.8. The summed E-state index contributed by atoms with van der Waals surface area (Å²) in [4.78, 5) is 0. The first-order valence-electron chi connectivity index (χ1n) is 3.21. The fraction of sp³-hybridized carbons (Fsp3) is 0. The Labute approximate surface area is 70.9 Å². The second-order valence-electron chi connectivity index (χ2n) is 2.16. The van der Waals surface area contributed by atoms with Gasteiger partial charge in [-0.2, -0.15) is 0 Å². The number of rotatable bonds is 4. The molecular formula is C10H13P. The SMILES string of the molecule is C=CC(=C)C(=C)/C=C\C(=C)P. The largest absolute Gasteiger partial charge is 0.106 e. The van der Waals surface area contributed by atoms with Crippen LogP contribution in [0.5, 0.6) is 0 Å². The van der Waals surface area contributed by atoms with E-state index in [-0.39, 0.29) is 0 Å². The quantitative estimate of drug-likeness (QED) is 0.442. The van der Waals surface area contributed by atoms with E-state index in [1.54, 1.807) is 6.08 Å². The summed E-state index contributed by atoms with van der Waals surface area (Å²) < 4.78 is 0. The van der Waals surface area contributed by atoms with Gasteiger partial charge >= 0.3 is 0 Å². The van der Waals surface area contributed by atoms with Crippen LogP contribution in [0.3, 0.4) is 0 Å². The van der Waals surface area contributed by atoms with Crippen LogP contribution in [0.25, 0.3) is 0 Å². The molecule has 0 N–H and O–H groups in total. The van der Waals surface area contributed by atoms with Gasteiger partial charge in [0.25, 0.3) is 0 Å². The van der Waals surface area contributed by atoms with Crippen LogP contribution in [-0.2, 0) is 0 Å². The van der Waals surface area contributed by atoms with Crippen LogP contribution in [0, 0.1) is 0 Å². The van der Waals surface area contributed by atoms with Crippen molar-refractivity contribution in [2.24, 2.45) is 0 Å². The van der Waals surface area contributed by atoms with Gasteiger partial charge in [0.15, 0.2) is 0 Å². The second-order valence-corrected chi connectivity index (χ2v) is 2.90. The minimum atomic E-state index is 0.840. The Morgan fingerprint density at radius 2 is 1.55 bits per heavy atom. The van der Waals surface area contributed by atoms with Gasteiger partial charge in [0.2, 0.25) is 0 Å². The van der Waals surface area contributed by atoms with Crippen LogP contribution in [0.2, 0.25) is 0 Å². The Kier molecular flexibility index (Phi) is 4.49. The van der Waals surface area contributed by atoms with E-state index in [4.69, 9.17) is 0 Å². The van der Waals surface area contributed by atoms with Crippen LogP contribution in [0.4, 0.5) is 0 Å². The van der Waals surface area contributed by atoms with Crippen molar-refractivity contribution in [1.82, 2.24) is 0 Å². The van der Waals surface area contributed by atoms with Gasteiger partial charge in [-0.05, 0) is 16.5 Å². The number of hydrogen-bond acceptors (Lipinski definition) is 0. The predicted molar refractivity (Wildman–Crippen MR) is 56.5 cm³/mol. The van der Waals surface area contributed by atoms with E-state index >= 15 is 0 Å². The molecular weight excluding hydrogens is 151 g/mol. The molecule has 0 aliphatic rings. The minimum absolute atomic E-state index is 0.840. The number of hydrogen-bond donors (Lipinski definition) is 0. The minimum Gasteiger partial charge on any atom is -0.106 e. The van der Waals surface area contributed by atoms with Gasteiger partial charge in [-0.1, -0.05) is 44.5 Å². The lowest BCUT2D eigenvalue weighted by Gasteiger charge is -1.96. The molecule has 0 aromatic carbocycles. The Hall–Kier alpha value is -0.870. The molecule has 0 bridgehead atoms. The van der Waals surface area contributed by atoms with Crippen molar-refractivity contribution in [3.63, 3.8) is 0 Å². The van der Waals surface area contributed by atoms with Crippen molar-refractivity contribution in [3.05, 3.63) is 61.0 Å². The molecule has 0 aromatic heterocycles. The highest BCUT2D eigenvalue weighted by Crippen LogP contribution is 2.10. The van der Waals surface area contributed by atoms with Crippen molar-refractivity contribution in [2.75, 3.05) is 0 Å². The van der Waals surface area contributed by atoms with Gasteiger partial charge in [0, 0.05) is 0 Å². The van der Waals surface area contributed by atoms with E-state index < -0.39 is 0 Å². The van der Waals surface area contributed by atoms with E-state index in [0.29, 0.717) is 0 Å². The average molecular weight is 164 g/mol. The lowest BCUT2D eigenvalue weighted by Crippen LogP contribution is -1.75. The molecule has 0 aliphatic heterocycles. The van der Waals surface area contributed by atoms with Crippen LogP contribution in [-0.4, -0.2) is 0 Å². The standard InChI is InChI=1S/C10H13P/c1-5-8(2)9(3)6-7-10(4)11/h5-7H,1-4,11H2/b7-6-. The van der Waals surface area contributed by atoms with E-state index in [1.165, 1.54) is 0 Å². The lowest BCUT2D eigenvalue weighted by molar-refractivity contribution is 1.61. The molecule has 58 valence electrons. The van der Waals surface area contributed by atoms with E-state index in [9.17, 15) is 0 Å². The van der Waals surface area contributed by atoms with E-state index in [1.807, 2.05) is 12.2 Å². The monoisotopic (exact) mass is 164 g/mol. The maximum atomic E-state index is 3.79. The third-order valence-corrected chi connectivity index (χ3v) is 1.35. The highest BCUT2D eigenvalue weighted by molar-refractivity contribution is 7.22. The normalized spacial score (nSPS) is 9.55. The van der Waals surface area contributed by atoms with E-state index in [2.05, 4.69) is 35.6 Å². The molecule has 0 aromatic rings. The molecule has 0 fully saturated rings. The van der Waals surface area contributed by atoms with Crippen LogP contribution >= 0.6 is 9.24 Å². The first-order valence-corrected chi connectivity index (χ1v) is 3.78. The molecule has 1 unspecified atom stereocenters. The molecule has 0 heterocycles. The van der Waals surface area contributed by atoms with Crippen molar-refractivity contribution >= 4 is 9.24 Å². The Morgan fingerprint density at radius 3 is 1.91 bits per heavy atom. The fourth-order valence-corrected chi connectivity index (χ4v) is 0.542. The van der Waals surface area contributed by atoms with Crippen LogP contribution < -0.4 is 0 Å². The Balaban J connectivity index is 4.18. The molecule has 0 amide bonds. The van der Waals surface area contributed by atoms with Crippen molar-refractivity contribution < 1.29 is 0 Å². The molecule has 0 saturated carbocycles. The van der Waals surface area contributed by atoms with Gasteiger partial charge in [-0.25, -0.2) is 0 Å².